The molecule has 0 bridgehead atoms. The highest BCUT2D eigenvalue weighted by Crippen LogP contribution is 2.40. The molecule has 0 atom stereocenters. The Kier molecular flexibility index (Phi) is 2.37. The summed E-state index contributed by atoms with van der Waals surface area (Å²) in [5.74, 6) is 0. The molecule has 2 aliphatic carbocycles. The minimum atomic E-state index is -0.273. The van der Waals surface area contributed by atoms with Crippen LogP contribution in [0.25, 0.3) is 0 Å². The molecule has 0 aromatic carbocycles. The molecule has 0 amide bonds. The van der Waals surface area contributed by atoms with Gasteiger partial charge in [0, 0.05) is 9.75 Å². The Labute approximate surface area is 95.1 Å². The van der Waals surface area contributed by atoms with E-state index in [0.29, 0.717) is 0 Å². The molecule has 2 heteroatoms. The summed E-state index contributed by atoms with van der Waals surface area (Å²) in [7, 11) is 0. The van der Waals surface area contributed by atoms with E-state index in [1.165, 1.54) is 30.6 Å². The first-order chi connectivity index (χ1) is 7.25. The SMILES string of the molecule is OC1(CCc2cc3c(s2)CCCC3)CC1. The zero-order valence-electron chi connectivity index (χ0n) is 9.09. The van der Waals surface area contributed by atoms with Gasteiger partial charge in [0.25, 0.3) is 0 Å². The van der Waals surface area contributed by atoms with Crippen LogP contribution in [0.5, 0.6) is 0 Å². The molecule has 0 saturated heterocycles. The largest absolute Gasteiger partial charge is 0.390 e. The van der Waals surface area contributed by atoms with Crippen LogP contribution >= 0.6 is 11.3 Å². The molecule has 1 heterocycles. The maximum Gasteiger partial charge on any atom is 0.0653 e. The zero-order chi connectivity index (χ0) is 10.3. The minimum absolute atomic E-state index is 0.273. The van der Waals surface area contributed by atoms with Gasteiger partial charge in [-0.05, 0) is 63.0 Å². The highest BCUT2D eigenvalue weighted by molar-refractivity contribution is 7.12. The van der Waals surface area contributed by atoms with Crippen molar-refractivity contribution in [1.29, 1.82) is 0 Å². The van der Waals surface area contributed by atoms with Crippen LogP contribution in [0.15, 0.2) is 6.07 Å². The number of aryl methyl sites for hydroxylation is 3. The Morgan fingerprint density at radius 3 is 2.80 bits per heavy atom. The molecule has 1 N–H and O–H groups in total. The first-order valence-corrected chi connectivity index (χ1v) is 6.90. The molecule has 2 aliphatic rings. The first kappa shape index (κ1) is 9.86. The summed E-state index contributed by atoms with van der Waals surface area (Å²) in [5.41, 5.74) is 1.33. The third-order valence-corrected chi connectivity index (χ3v) is 5.01. The lowest BCUT2D eigenvalue weighted by molar-refractivity contribution is 0.141. The van der Waals surface area contributed by atoms with E-state index in [0.717, 1.165) is 25.7 Å². The van der Waals surface area contributed by atoms with Gasteiger partial charge in [-0.3, -0.25) is 0 Å². The molecule has 1 nitrogen and oxygen atoms in total. The Hall–Kier alpha value is -0.340. The second-order valence-corrected chi connectivity index (χ2v) is 6.31. The number of hydrogen-bond acceptors (Lipinski definition) is 2. The van der Waals surface area contributed by atoms with Crippen molar-refractivity contribution in [3.63, 3.8) is 0 Å². The average molecular weight is 222 g/mol. The summed E-state index contributed by atoms with van der Waals surface area (Å²) in [4.78, 5) is 3.13. The van der Waals surface area contributed by atoms with Gasteiger partial charge in [-0.25, -0.2) is 0 Å². The molecule has 0 radical (unpaired) electrons. The van der Waals surface area contributed by atoms with Crippen LogP contribution in [0.4, 0.5) is 0 Å². The second kappa shape index (κ2) is 3.60. The first-order valence-electron chi connectivity index (χ1n) is 6.08. The maximum atomic E-state index is 9.80. The van der Waals surface area contributed by atoms with Crippen molar-refractivity contribution in [2.24, 2.45) is 0 Å². The summed E-state index contributed by atoms with van der Waals surface area (Å²) in [6.45, 7) is 0. The summed E-state index contributed by atoms with van der Waals surface area (Å²) >= 11 is 1.99. The van der Waals surface area contributed by atoms with Gasteiger partial charge in [-0.1, -0.05) is 0 Å². The fourth-order valence-electron chi connectivity index (χ4n) is 2.43. The van der Waals surface area contributed by atoms with Gasteiger partial charge < -0.3 is 5.11 Å². The van der Waals surface area contributed by atoms with Crippen LogP contribution in [0, 0.1) is 0 Å². The average Bonchev–Trinajstić information content (AvgIpc) is 2.83. The van der Waals surface area contributed by atoms with E-state index in [1.807, 2.05) is 11.3 Å². The van der Waals surface area contributed by atoms with Gasteiger partial charge in [0.05, 0.1) is 5.60 Å². The van der Waals surface area contributed by atoms with Crippen LogP contribution in [0.3, 0.4) is 0 Å². The van der Waals surface area contributed by atoms with Crippen molar-refractivity contribution in [3.05, 3.63) is 21.4 Å². The monoisotopic (exact) mass is 222 g/mol. The molecule has 1 aromatic rings. The lowest BCUT2D eigenvalue weighted by atomic mass is 9.99. The lowest BCUT2D eigenvalue weighted by Crippen LogP contribution is -2.06. The van der Waals surface area contributed by atoms with E-state index < -0.39 is 0 Å². The smallest absolute Gasteiger partial charge is 0.0653 e. The number of aliphatic hydroxyl groups is 1. The summed E-state index contributed by atoms with van der Waals surface area (Å²) in [6, 6.07) is 2.39. The Morgan fingerprint density at radius 1 is 1.27 bits per heavy atom. The third kappa shape index (κ3) is 2.11. The summed E-state index contributed by atoms with van der Waals surface area (Å²) < 4.78 is 0. The quantitative estimate of drug-likeness (QED) is 0.833. The van der Waals surface area contributed by atoms with Crippen molar-refractivity contribution >= 4 is 11.3 Å². The van der Waals surface area contributed by atoms with Gasteiger partial charge in [0.2, 0.25) is 0 Å². The fraction of sp³-hybridized carbons (Fsp3) is 0.692. The summed E-state index contributed by atoms with van der Waals surface area (Å²) in [5, 5.41) is 9.80. The van der Waals surface area contributed by atoms with Crippen molar-refractivity contribution in [2.75, 3.05) is 0 Å². The topological polar surface area (TPSA) is 20.2 Å². The number of hydrogen-bond donors (Lipinski definition) is 1. The zero-order valence-corrected chi connectivity index (χ0v) is 9.91. The molecule has 1 fully saturated rings. The van der Waals surface area contributed by atoms with Gasteiger partial charge in [-0.2, -0.15) is 0 Å². The normalized spacial score (nSPS) is 22.5. The van der Waals surface area contributed by atoms with Gasteiger partial charge in [0.15, 0.2) is 0 Å². The van der Waals surface area contributed by atoms with Crippen molar-refractivity contribution < 1.29 is 5.11 Å². The molecule has 0 aliphatic heterocycles. The Balaban J connectivity index is 1.67. The molecule has 0 spiro atoms. The van der Waals surface area contributed by atoms with Gasteiger partial charge in [-0.15, -0.1) is 11.3 Å². The van der Waals surface area contributed by atoms with E-state index in [-0.39, 0.29) is 5.60 Å². The van der Waals surface area contributed by atoms with Crippen LogP contribution < -0.4 is 0 Å². The van der Waals surface area contributed by atoms with E-state index in [4.69, 9.17) is 0 Å². The highest BCUT2D eigenvalue weighted by Gasteiger charge is 2.39. The summed E-state index contributed by atoms with van der Waals surface area (Å²) in [6.07, 6.45) is 9.45. The molecule has 15 heavy (non-hydrogen) atoms. The molecular formula is C13H18OS. The standard InChI is InChI=1S/C13H18OS/c14-13(7-8-13)6-5-11-9-10-3-1-2-4-12(10)15-11/h9,14H,1-8H2. The molecule has 82 valence electrons. The predicted octanol–water partition coefficient (Wildman–Crippen LogP) is 3.08. The maximum absolute atomic E-state index is 9.80. The molecular weight excluding hydrogens is 204 g/mol. The highest BCUT2D eigenvalue weighted by atomic mass is 32.1. The number of rotatable bonds is 3. The lowest BCUT2D eigenvalue weighted by Gasteiger charge is -2.08. The molecule has 1 aromatic heterocycles. The minimum Gasteiger partial charge on any atom is -0.390 e. The van der Waals surface area contributed by atoms with Crippen LogP contribution in [-0.4, -0.2) is 10.7 Å². The van der Waals surface area contributed by atoms with E-state index >= 15 is 0 Å². The van der Waals surface area contributed by atoms with Crippen LogP contribution in [0.1, 0.15) is 47.4 Å². The van der Waals surface area contributed by atoms with Crippen molar-refractivity contribution in [1.82, 2.24) is 0 Å². The number of fused-ring (bicyclic) bond motifs is 1. The van der Waals surface area contributed by atoms with Crippen LogP contribution in [0.2, 0.25) is 0 Å². The van der Waals surface area contributed by atoms with E-state index in [1.54, 1.807) is 10.4 Å². The van der Waals surface area contributed by atoms with Gasteiger partial charge >= 0.3 is 0 Å². The predicted molar refractivity (Wildman–Crippen MR) is 63.5 cm³/mol. The van der Waals surface area contributed by atoms with Gasteiger partial charge in [0.1, 0.15) is 0 Å². The van der Waals surface area contributed by atoms with E-state index in [9.17, 15) is 5.11 Å². The van der Waals surface area contributed by atoms with E-state index in [2.05, 4.69) is 6.07 Å². The fourth-order valence-corrected chi connectivity index (χ4v) is 3.69. The molecule has 3 rings (SSSR count). The third-order valence-electron chi connectivity index (χ3n) is 3.71. The van der Waals surface area contributed by atoms with Crippen molar-refractivity contribution in [3.8, 4) is 0 Å². The number of thiophene rings is 1. The molecule has 0 unspecified atom stereocenters. The Morgan fingerprint density at radius 2 is 2.07 bits per heavy atom. The van der Waals surface area contributed by atoms with Crippen molar-refractivity contribution in [2.45, 2.75) is 57.0 Å². The second-order valence-electron chi connectivity index (χ2n) is 5.09. The van der Waals surface area contributed by atoms with Crippen LogP contribution in [-0.2, 0) is 19.3 Å². The Bertz CT molecular complexity index is 339. The molecule has 1 saturated carbocycles.